The average Bonchev–Trinajstić information content (AvgIpc) is 2.30. The fourth-order valence-corrected chi connectivity index (χ4v) is 2.31. The zero-order valence-corrected chi connectivity index (χ0v) is 10.6. The minimum absolute atomic E-state index is 0.105. The molecular weight excluding hydrogens is 214 g/mol. The van der Waals surface area contributed by atoms with Gasteiger partial charge < -0.3 is 10.4 Å². The van der Waals surface area contributed by atoms with Gasteiger partial charge in [-0.3, -0.25) is 9.88 Å². The van der Waals surface area contributed by atoms with Gasteiger partial charge in [0.25, 0.3) is 0 Å². The highest BCUT2D eigenvalue weighted by molar-refractivity contribution is 5.09. The highest BCUT2D eigenvalue weighted by Gasteiger charge is 2.31. The fraction of sp³-hybridized carbons (Fsp3) is 0.615. The van der Waals surface area contributed by atoms with Crippen molar-refractivity contribution in [1.29, 1.82) is 0 Å². The lowest BCUT2D eigenvalue weighted by Crippen LogP contribution is -2.62. The normalized spacial score (nSPS) is 24.8. The van der Waals surface area contributed by atoms with Crippen molar-refractivity contribution in [2.24, 2.45) is 0 Å². The van der Waals surface area contributed by atoms with Crippen LogP contribution in [0.15, 0.2) is 24.5 Å². The first-order valence-electron chi connectivity index (χ1n) is 6.09. The number of rotatable bonds is 3. The van der Waals surface area contributed by atoms with Crippen molar-refractivity contribution in [1.82, 2.24) is 15.2 Å². The first-order chi connectivity index (χ1) is 8.11. The molecule has 1 atom stereocenters. The van der Waals surface area contributed by atoms with E-state index in [-0.39, 0.29) is 18.2 Å². The van der Waals surface area contributed by atoms with E-state index in [2.05, 4.69) is 35.1 Å². The highest BCUT2D eigenvalue weighted by Crippen LogP contribution is 2.17. The fourth-order valence-electron chi connectivity index (χ4n) is 2.31. The number of hydrogen-bond acceptors (Lipinski definition) is 4. The number of nitrogens with zero attached hydrogens (tertiary/aromatic N) is 2. The summed E-state index contributed by atoms with van der Waals surface area (Å²) in [7, 11) is 0. The number of piperazine rings is 1. The van der Waals surface area contributed by atoms with Crippen molar-refractivity contribution < 1.29 is 5.11 Å². The number of nitrogens with one attached hydrogen (secondary N) is 1. The average molecular weight is 235 g/mol. The molecule has 4 heteroatoms. The van der Waals surface area contributed by atoms with Gasteiger partial charge in [0.1, 0.15) is 0 Å². The van der Waals surface area contributed by atoms with Crippen molar-refractivity contribution >= 4 is 0 Å². The van der Waals surface area contributed by atoms with Crippen LogP contribution in [0.1, 0.15) is 19.4 Å². The number of hydrogen-bond donors (Lipinski definition) is 2. The van der Waals surface area contributed by atoms with E-state index >= 15 is 0 Å². The minimum Gasteiger partial charge on any atom is -0.395 e. The third-order valence-corrected chi connectivity index (χ3v) is 3.25. The van der Waals surface area contributed by atoms with Crippen molar-refractivity contribution in [3.05, 3.63) is 30.1 Å². The lowest BCUT2D eigenvalue weighted by Gasteiger charge is -2.44. The summed E-state index contributed by atoms with van der Waals surface area (Å²) in [4.78, 5) is 6.46. The SMILES string of the molecule is CC1(C)CN(Cc2cccnc2)C(CO)CN1. The summed E-state index contributed by atoms with van der Waals surface area (Å²) in [6.07, 6.45) is 3.68. The van der Waals surface area contributed by atoms with Crippen molar-refractivity contribution in [2.45, 2.75) is 32.0 Å². The number of aliphatic hydroxyl groups is 1. The van der Waals surface area contributed by atoms with Crippen LogP contribution in [-0.4, -0.2) is 46.3 Å². The predicted molar refractivity (Wildman–Crippen MR) is 67.6 cm³/mol. The summed E-state index contributed by atoms with van der Waals surface area (Å²) in [6.45, 7) is 7.21. The predicted octanol–water partition coefficient (Wildman–Crippen LogP) is 0.626. The minimum atomic E-state index is 0.105. The summed E-state index contributed by atoms with van der Waals surface area (Å²) in [5.41, 5.74) is 1.30. The van der Waals surface area contributed by atoms with Crippen LogP contribution >= 0.6 is 0 Å². The van der Waals surface area contributed by atoms with Crippen molar-refractivity contribution in [3.8, 4) is 0 Å². The summed E-state index contributed by atoms with van der Waals surface area (Å²) in [5.74, 6) is 0. The van der Waals surface area contributed by atoms with E-state index in [1.165, 1.54) is 5.56 Å². The third-order valence-electron chi connectivity index (χ3n) is 3.25. The second-order valence-corrected chi connectivity index (χ2v) is 5.37. The maximum absolute atomic E-state index is 9.41. The Morgan fingerprint density at radius 1 is 1.59 bits per heavy atom. The molecule has 1 aromatic heterocycles. The van der Waals surface area contributed by atoms with E-state index in [9.17, 15) is 5.11 Å². The Balaban J connectivity index is 2.06. The molecule has 17 heavy (non-hydrogen) atoms. The van der Waals surface area contributed by atoms with E-state index in [4.69, 9.17) is 0 Å². The van der Waals surface area contributed by atoms with E-state index in [1.54, 1.807) is 6.20 Å². The maximum Gasteiger partial charge on any atom is 0.0599 e. The van der Waals surface area contributed by atoms with Crippen LogP contribution < -0.4 is 5.32 Å². The van der Waals surface area contributed by atoms with Gasteiger partial charge in [-0.25, -0.2) is 0 Å². The van der Waals surface area contributed by atoms with Crippen LogP contribution in [0.2, 0.25) is 0 Å². The second-order valence-electron chi connectivity index (χ2n) is 5.37. The largest absolute Gasteiger partial charge is 0.395 e. The highest BCUT2D eigenvalue weighted by atomic mass is 16.3. The molecule has 0 spiro atoms. The van der Waals surface area contributed by atoms with Crippen LogP contribution in [0.3, 0.4) is 0 Å². The topological polar surface area (TPSA) is 48.4 Å². The van der Waals surface area contributed by atoms with Crippen molar-refractivity contribution in [2.75, 3.05) is 19.7 Å². The first-order valence-corrected chi connectivity index (χ1v) is 6.09. The maximum atomic E-state index is 9.41. The smallest absolute Gasteiger partial charge is 0.0599 e. The molecule has 0 bridgehead atoms. The van der Waals surface area contributed by atoms with Gasteiger partial charge in [0.05, 0.1) is 6.61 Å². The van der Waals surface area contributed by atoms with Crippen LogP contribution in [0.5, 0.6) is 0 Å². The zero-order valence-electron chi connectivity index (χ0n) is 10.6. The van der Waals surface area contributed by atoms with Crippen LogP contribution in [0.4, 0.5) is 0 Å². The molecule has 2 rings (SSSR count). The van der Waals surface area contributed by atoms with Gasteiger partial charge in [0.15, 0.2) is 0 Å². The Kier molecular flexibility index (Phi) is 3.76. The van der Waals surface area contributed by atoms with Crippen LogP contribution in [-0.2, 0) is 6.54 Å². The molecule has 94 valence electrons. The lowest BCUT2D eigenvalue weighted by molar-refractivity contribution is 0.0512. The number of aliphatic hydroxyl groups excluding tert-OH is 1. The van der Waals surface area contributed by atoms with Gasteiger partial charge in [-0.05, 0) is 25.5 Å². The van der Waals surface area contributed by atoms with Gasteiger partial charge in [0.2, 0.25) is 0 Å². The van der Waals surface area contributed by atoms with E-state index < -0.39 is 0 Å². The summed E-state index contributed by atoms with van der Waals surface area (Å²) in [6, 6.07) is 4.23. The Morgan fingerprint density at radius 2 is 2.41 bits per heavy atom. The molecule has 2 N–H and O–H groups in total. The Labute approximate surface area is 103 Å². The Hall–Kier alpha value is -0.970. The standard InChI is InChI=1S/C13H21N3O/c1-13(2)10-16(12(9-17)7-15-13)8-11-4-3-5-14-6-11/h3-6,12,15,17H,7-10H2,1-2H3. The first kappa shape index (κ1) is 12.5. The molecule has 0 aromatic carbocycles. The zero-order chi connectivity index (χ0) is 12.3. The molecule has 2 heterocycles. The molecule has 0 radical (unpaired) electrons. The molecule has 1 aliphatic rings. The molecular formula is C13H21N3O. The van der Waals surface area contributed by atoms with Crippen LogP contribution in [0, 0.1) is 0 Å². The van der Waals surface area contributed by atoms with E-state index in [1.807, 2.05) is 12.3 Å². The summed E-state index contributed by atoms with van der Waals surface area (Å²) in [5, 5.41) is 12.9. The van der Waals surface area contributed by atoms with Gasteiger partial charge in [-0.1, -0.05) is 6.07 Å². The molecule has 1 unspecified atom stereocenters. The molecule has 1 fully saturated rings. The molecule has 1 aromatic rings. The Bertz CT molecular complexity index is 353. The Morgan fingerprint density at radius 3 is 3.06 bits per heavy atom. The quantitative estimate of drug-likeness (QED) is 0.806. The van der Waals surface area contributed by atoms with Gasteiger partial charge in [0, 0.05) is 43.6 Å². The van der Waals surface area contributed by atoms with Crippen molar-refractivity contribution in [3.63, 3.8) is 0 Å². The van der Waals surface area contributed by atoms with Crippen LogP contribution in [0.25, 0.3) is 0 Å². The molecule has 4 nitrogen and oxygen atoms in total. The second kappa shape index (κ2) is 5.12. The van der Waals surface area contributed by atoms with Gasteiger partial charge in [-0.15, -0.1) is 0 Å². The van der Waals surface area contributed by atoms with Gasteiger partial charge in [-0.2, -0.15) is 0 Å². The molecule has 1 aliphatic heterocycles. The van der Waals surface area contributed by atoms with E-state index in [0.29, 0.717) is 0 Å². The third kappa shape index (κ3) is 3.25. The summed E-state index contributed by atoms with van der Waals surface area (Å²) < 4.78 is 0. The van der Waals surface area contributed by atoms with E-state index in [0.717, 1.165) is 19.6 Å². The summed E-state index contributed by atoms with van der Waals surface area (Å²) >= 11 is 0. The molecule has 0 amide bonds. The molecule has 0 saturated carbocycles. The monoisotopic (exact) mass is 235 g/mol. The number of pyridine rings is 1. The van der Waals surface area contributed by atoms with Gasteiger partial charge >= 0.3 is 0 Å². The number of aromatic nitrogens is 1. The molecule has 0 aliphatic carbocycles. The molecule has 1 saturated heterocycles. The lowest BCUT2D eigenvalue weighted by atomic mass is 9.98.